The van der Waals surface area contributed by atoms with E-state index in [1.807, 2.05) is 0 Å². The van der Waals surface area contributed by atoms with E-state index in [2.05, 4.69) is 4.98 Å². The normalized spacial score (nSPS) is 12.7. The number of aliphatic carboxylic acids is 1. The number of nitrogens with zero attached hydrogens (tertiary/aromatic N) is 1. The van der Waals surface area contributed by atoms with E-state index in [0.29, 0.717) is 16.8 Å². The van der Waals surface area contributed by atoms with Gasteiger partial charge in [0.05, 0.1) is 17.7 Å². The van der Waals surface area contributed by atoms with Crippen LogP contribution < -0.4 is 4.74 Å². The number of halogens is 2. The SMILES string of the molecule is C[C@H](Oc1nc(C(C)(C)CO)c(-c2ccc(F)cc2)c2ccc(O)c(F)c12)C(=O)O. The molecule has 0 fully saturated rings. The van der Waals surface area contributed by atoms with Gasteiger partial charge in [0.2, 0.25) is 5.88 Å². The van der Waals surface area contributed by atoms with E-state index in [1.54, 1.807) is 13.8 Å². The maximum atomic E-state index is 15.0. The van der Waals surface area contributed by atoms with Crippen molar-refractivity contribution in [1.82, 2.24) is 4.98 Å². The van der Waals surface area contributed by atoms with Gasteiger partial charge in [0.25, 0.3) is 0 Å². The van der Waals surface area contributed by atoms with Gasteiger partial charge < -0.3 is 20.1 Å². The number of ether oxygens (including phenoxy) is 1. The van der Waals surface area contributed by atoms with Crippen molar-refractivity contribution in [2.75, 3.05) is 6.61 Å². The second-order valence-electron chi connectivity index (χ2n) is 7.61. The third-order valence-electron chi connectivity index (χ3n) is 4.86. The molecule has 3 rings (SSSR count). The molecule has 158 valence electrons. The van der Waals surface area contributed by atoms with E-state index in [4.69, 9.17) is 4.74 Å². The Morgan fingerprint density at radius 3 is 2.37 bits per heavy atom. The van der Waals surface area contributed by atoms with Gasteiger partial charge in [0.1, 0.15) is 5.82 Å². The van der Waals surface area contributed by atoms with Gasteiger partial charge in [-0.3, -0.25) is 0 Å². The summed E-state index contributed by atoms with van der Waals surface area (Å²) in [6.45, 7) is 4.35. The van der Waals surface area contributed by atoms with Crippen molar-refractivity contribution in [3.05, 3.63) is 53.7 Å². The molecule has 0 spiro atoms. The molecule has 3 N–H and O–H groups in total. The van der Waals surface area contributed by atoms with Gasteiger partial charge in [0, 0.05) is 16.4 Å². The highest BCUT2D eigenvalue weighted by Crippen LogP contribution is 2.43. The molecule has 0 amide bonds. The van der Waals surface area contributed by atoms with Gasteiger partial charge >= 0.3 is 5.97 Å². The second-order valence-corrected chi connectivity index (χ2v) is 7.61. The number of rotatable bonds is 6. The highest BCUT2D eigenvalue weighted by Gasteiger charge is 2.31. The van der Waals surface area contributed by atoms with Crippen LogP contribution >= 0.6 is 0 Å². The van der Waals surface area contributed by atoms with Crippen molar-refractivity contribution in [3.8, 4) is 22.8 Å². The Kier molecular flexibility index (Phi) is 5.63. The number of aromatic hydroxyl groups is 1. The minimum Gasteiger partial charge on any atom is -0.505 e. The predicted molar refractivity (Wildman–Crippen MR) is 107 cm³/mol. The largest absolute Gasteiger partial charge is 0.505 e. The zero-order chi connectivity index (χ0) is 22.2. The maximum absolute atomic E-state index is 15.0. The average molecular weight is 417 g/mol. The summed E-state index contributed by atoms with van der Waals surface area (Å²) in [4.78, 5) is 15.7. The molecule has 8 heteroatoms. The molecule has 0 radical (unpaired) electrons. The average Bonchev–Trinajstić information content (AvgIpc) is 2.70. The molecule has 1 heterocycles. The molecule has 1 atom stereocenters. The maximum Gasteiger partial charge on any atom is 0.344 e. The fraction of sp³-hybridized carbons (Fsp3) is 0.273. The molecule has 0 aliphatic heterocycles. The number of fused-ring (bicyclic) bond motifs is 1. The molecule has 0 aliphatic rings. The zero-order valence-electron chi connectivity index (χ0n) is 16.6. The van der Waals surface area contributed by atoms with Crippen molar-refractivity contribution < 1.29 is 33.6 Å². The smallest absolute Gasteiger partial charge is 0.344 e. The molecule has 2 aromatic carbocycles. The number of benzene rings is 2. The first-order valence-corrected chi connectivity index (χ1v) is 9.18. The molecule has 0 saturated carbocycles. The van der Waals surface area contributed by atoms with Crippen LogP contribution in [0.1, 0.15) is 26.5 Å². The lowest BCUT2D eigenvalue weighted by Gasteiger charge is -2.27. The Morgan fingerprint density at radius 1 is 1.17 bits per heavy atom. The van der Waals surface area contributed by atoms with Gasteiger partial charge in [-0.2, -0.15) is 0 Å². The summed E-state index contributed by atoms with van der Waals surface area (Å²) in [6, 6.07) is 8.07. The standard InChI is InChI=1S/C22H21F2NO5/c1-11(21(28)29)30-20-17-14(8-9-15(27)18(17)24)16(12-4-6-13(23)7-5-12)19(25-20)22(2,3)10-26/h4-9,11,26-27H,10H2,1-3H3,(H,28,29)/t11-/m0/s1. The Labute approximate surface area is 171 Å². The highest BCUT2D eigenvalue weighted by molar-refractivity contribution is 6.01. The van der Waals surface area contributed by atoms with Gasteiger partial charge in [-0.25, -0.2) is 18.6 Å². The Bertz CT molecular complexity index is 1110. The fourth-order valence-electron chi connectivity index (χ4n) is 3.10. The number of hydrogen-bond acceptors (Lipinski definition) is 5. The van der Waals surface area contributed by atoms with Crippen LogP contribution in [0.4, 0.5) is 8.78 Å². The van der Waals surface area contributed by atoms with E-state index in [-0.39, 0.29) is 23.3 Å². The van der Waals surface area contributed by atoms with Crippen molar-refractivity contribution in [2.24, 2.45) is 0 Å². The summed E-state index contributed by atoms with van der Waals surface area (Å²) in [7, 11) is 0. The van der Waals surface area contributed by atoms with Crippen molar-refractivity contribution in [1.29, 1.82) is 0 Å². The highest BCUT2D eigenvalue weighted by atomic mass is 19.1. The summed E-state index contributed by atoms with van der Waals surface area (Å²) in [5.41, 5.74) is 0.296. The van der Waals surface area contributed by atoms with Gasteiger partial charge in [0.15, 0.2) is 17.7 Å². The number of aliphatic hydroxyl groups excluding tert-OH is 1. The van der Waals surface area contributed by atoms with Gasteiger partial charge in [-0.05, 0) is 36.8 Å². The number of carboxylic acid groups (broad SMARTS) is 1. The van der Waals surface area contributed by atoms with E-state index in [1.165, 1.54) is 37.3 Å². The molecular formula is C22H21F2NO5. The Balaban J connectivity index is 2.46. The van der Waals surface area contributed by atoms with Crippen LogP contribution in [0, 0.1) is 11.6 Å². The van der Waals surface area contributed by atoms with Crippen molar-refractivity contribution in [3.63, 3.8) is 0 Å². The molecular weight excluding hydrogens is 396 g/mol. The first-order chi connectivity index (χ1) is 14.1. The zero-order valence-corrected chi connectivity index (χ0v) is 16.6. The van der Waals surface area contributed by atoms with E-state index in [9.17, 15) is 28.9 Å². The van der Waals surface area contributed by atoms with Crippen LogP contribution in [0.15, 0.2) is 36.4 Å². The molecule has 0 saturated heterocycles. The molecule has 6 nitrogen and oxygen atoms in total. The van der Waals surface area contributed by atoms with Crippen LogP contribution in [0.25, 0.3) is 21.9 Å². The lowest BCUT2D eigenvalue weighted by atomic mass is 9.83. The van der Waals surface area contributed by atoms with Gasteiger partial charge in [-0.1, -0.05) is 26.0 Å². The fourth-order valence-corrected chi connectivity index (χ4v) is 3.10. The lowest BCUT2D eigenvalue weighted by molar-refractivity contribution is -0.144. The molecule has 1 aromatic heterocycles. The molecule has 0 aliphatic carbocycles. The number of aliphatic hydroxyl groups is 1. The topological polar surface area (TPSA) is 99.9 Å². The Morgan fingerprint density at radius 2 is 1.80 bits per heavy atom. The number of hydrogen-bond donors (Lipinski definition) is 3. The minimum absolute atomic E-state index is 0.208. The first kappa shape index (κ1) is 21.4. The number of carboxylic acids is 1. The quantitative estimate of drug-likeness (QED) is 0.561. The van der Waals surface area contributed by atoms with Crippen molar-refractivity contribution >= 4 is 16.7 Å². The third-order valence-corrected chi connectivity index (χ3v) is 4.86. The van der Waals surface area contributed by atoms with Crippen LogP contribution in [-0.2, 0) is 10.2 Å². The summed E-state index contributed by atoms with van der Waals surface area (Å²) >= 11 is 0. The molecule has 30 heavy (non-hydrogen) atoms. The molecule has 0 unspecified atom stereocenters. The number of phenolic OH excluding ortho intramolecular Hbond substituents is 1. The second kappa shape index (κ2) is 7.87. The molecule has 0 bridgehead atoms. The molecule has 3 aromatic rings. The minimum atomic E-state index is -1.34. The summed E-state index contributed by atoms with van der Waals surface area (Å²) in [6.07, 6.45) is -1.34. The van der Waals surface area contributed by atoms with Crippen LogP contribution in [0.5, 0.6) is 11.6 Å². The number of carbonyl (C=O) groups is 1. The van der Waals surface area contributed by atoms with Crippen molar-refractivity contribution in [2.45, 2.75) is 32.3 Å². The number of aromatic nitrogens is 1. The van der Waals surface area contributed by atoms with E-state index in [0.717, 1.165) is 6.07 Å². The number of phenols is 1. The van der Waals surface area contributed by atoms with Crippen LogP contribution in [-0.4, -0.2) is 39.0 Å². The van der Waals surface area contributed by atoms with Crippen LogP contribution in [0.2, 0.25) is 0 Å². The van der Waals surface area contributed by atoms with Crippen LogP contribution in [0.3, 0.4) is 0 Å². The third kappa shape index (κ3) is 3.78. The van der Waals surface area contributed by atoms with E-state index < -0.39 is 34.9 Å². The van der Waals surface area contributed by atoms with E-state index >= 15 is 0 Å². The summed E-state index contributed by atoms with van der Waals surface area (Å²) in [5, 5.41) is 29.1. The monoisotopic (exact) mass is 417 g/mol. The lowest BCUT2D eigenvalue weighted by Crippen LogP contribution is -2.27. The predicted octanol–water partition coefficient (Wildman–Crippen LogP) is 4.01. The Hall–Kier alpha value is -3.26. The first-order valence-electron chi connectivity index (χ1n) is 9.18. The number of pyridine rings is 1. The summed E-state index contributed by atoms with van der Waals surface area (Å²) in [5.74, 6) is -3.74. The summed E-state index contributed by atoms with van der Waals surface area (Å²) < 4.78 is 33.9. The van der Waals surface area contributed by atoms with Gasteiger partial charge in [-0.15, -0.1) is 0 Å².